The number of hydrogen-bond acceptors (Lipinski definition) is 4. The van der Waals surface area contributed by atoms with Crippen LogP contribution in [-0.2, 0) is 11.2 Å². The Morgan fingerprint density at radius 1 is 1.03 bits per heavy atom. The maximum absolute atomic E-state index is 13.8. The van der Waals surface area contributed by atoms with Gasteiger partial charge in [-0.15, -0.1) is 0 Å². The van der Waals surface area contributed by atoms with Crippen LogP contribution in [0.5, 0.6) is 17.2 Å². The summed E-state index contributed by atoms with van der Waals surface area (Å²) in [7, 11) is 3.21. The van der Waals surface area contributed by atoms with Crippen molar-refractivity contribution in [2.24, 2.45) is 0 Å². The molecule has 3 aromatic rings. The van der Waals surface area contributed by atoms with Crippen LogP contribution in [0.1, 0.15) is 42.0 Å². The molecule has 0 radical (unpaired) electrons. The molecule has 2 atom stereocenters. The van der Waals surface area contributed by atoms with Gasteiger partial charge in [-0.1, -0.05) is 37.3 Å². The lowest BCUT2D eigenvalue weighted by atomic mass is 9.89. The fraction of sp³-hybridized carbons (Fsp3) is 0.321. The number of ether oxygens (including phenoxy) is 3. The molecule has 5 nitrogen and oxygen atoms in total. The first-order chi connectivity index (χ1) is 16.5. The largest absolute Gasteiger partial charge is 0.493 e. The second-order valence-corrected chi connectivity index (χ2v) is 8.34. The number of nitrogens with zero attached hydrogens (tertiary/aromatic N) is 1. The van der Waals surface area contributed by atoms with Gasteiger partial charge in [0, 0.05) is 6.54 Å². The molecule has 1 aliphatic rings. The molecular formula is C28H30FNO4. The summed E-state index contributed by atoms with van der Waals surface area (Å²) in [5.41, 5.74) is 3.08. The molecule has 3 aromatic carbocycles. The number of methoxy groups -OCH3 is 2. The first-order valence-electron chi connectivity index (χ1n) is 11.5. The number of amides is 1. The highest BCUT2D eigenvalue weighted by Gasteiger charge is 2.35. The summed E-state index contributed by atoms with van der Waals surface area (Å²) < 4.78 is 30.5. The lowest BCUT2D eigenvalue weighted by Crippen LogP contribution is -2.44. The smallest absolute Gasteiger partial charge is 0.230 e. The second-order valence-electron chi connectivity index (χ2n) is 8.34. The molecule has 1 aliphatic heterocycles. The van der Waals surface area contributed by atoms with Crippen LogP contribution in [-0.4, -0.2) is 38.2 Å². The molecule has 6 heteroatoms. The summed E-state index contributed by atoms with van der Waals surface area (Å²) in [6, 6.07) is 19.4. The summed E-state index contributed by atoms with van der Waals surface area (Å²) >= 11 is 0. The molecule has 0 unspecified atom stereocenters. The van der Waals surface area contributed by atoms with Gasteiger partial charge in [0.25, 0.3) is 0 Å². The second kappa shape index (κ2) is 10.6. The number of benzene rings is 3. The Morgan fingerprint density at radius 2 is 1.71 bits per heavy atom. The van der Waals surface area contributed by atoms with E-state index in [1.807, 2.05) is 54.3 Å². The quantitative estimate of drug-likeness (QED) is 0.440. The maximum Gasteiger partial charge on any atom is 0.230 e. The SMILES string of the molecule is CC[C@@H](C(=O)N1CCc2cc(OC)c(OC)cc2[C@@H]1COc1ccc(F)cc1)c1ccccc1. The Balaban J connectivity index is 1.69. The molecule has 34 heavy (non-hydrogen) atoms. The minimum Gasteiger partial charge on any atom is -0.493 e. The van der Waals surface area contributed by atoms with E-state index in [1.165, 1.54) is 12.1 Å². The van der Waals surface area contributed by atoms with Gasteiger partial charge in [0.15, 0.2) is 11.5 Å². The third-order valence-electron chi connectivity index (χ3n) is 6.42. The number of hydrogen-bond donors (Lipinski definition) is 0. The Kier molecular flexibility index (Phi) is 7.36. The van der Waals surface area contributed by atoms with Gasteiger partial charge >= 0.3 is 0 Å². The van der Waals surface area contributed by atoms with Crippen molar-refractivity contribution in [3.8, 4) is 17.2 Å². The molecule has 0 saturated carbocycles. The molecule has 0 fully saturated rings. The van der Waals surface area contributed by atoms with E-state index in [1.54, 1.807) is 26.4 Å². The third kappa shape index (κ3) is 4.86. The lowest BCUT2D eigenvalue weighted by molar-refractivity contribution is -0.136. The Labute approximate surface area is 200 Å². The monoisotopic (exact) mass is 463 g/mol. The summed E-state index contributed by atoms with van der Waals surface area (Å²) in [6.07, 6.45) is 1.41. The van der Waals surface area contributed by atoms with Crippen LogP contribution < -0.4 is 14.2 Å². The maximum atomic E-state index is 13.8. The number of rotatable bonds is 8. The Hall–Kier alpha value is -3.54. The standard InChI is InChI=1S/C28H30FNO4/c1-4-23(19-8-6-5-7-9-19)28(31)30-15-14-20-16-26(32-2)27(33-3)17-24(20)25(30)18-34-22-12-10-21(29)11-13-22/h5-13,16-17,23,25H,4,14-15,18H2,1-3H3/t23-,25+/m1/s1. The van der Waals surface area contributed by atoms with Crippen LogP contribution in [0.15, 0.2) is 66.7 Å². The average molecular weight is 464 g/mol. The van der Waals surface area contributed by atoms with E-state index in [-0.39, 0.29) is 30.3 Å². The molecule has 1 amide bonds. The Bertz CT molecular complexity index is 1120. The lowest BCUT2D eigenvalue weighted by Gasteiger charge is -2.39. The van der Waals surface area contributed by atoms with E-state index >= 15 is 0 Å². The van der Waals surface area contributed by atoms with E-state index in [9.17, 15) is 9.18 Å². The highest BCUT2D eigenvalue weighted by molar-refractivity contribution is 5.84. The molecule has 0 bridgehead atoms. The summed E-state index contributed by atoms with van der Waals surface area (Å²) in [5.74, 6) is 1.33. The average Bonchev–Trinajstić information content (AvgIpc) is 2.88. The predicted octanol–water partition coefficient (Wildman–Crippen LogP) is 5.54. The molecule has 0 aliphatic carbocycles. The van der Waals surface area contributed by atoms with Gasteiger partial charge in [-0.25, -0.2) is 4.39 Å². The van der Waals surface area contributed by atoms with Gasteiger partial charge in [-0.3, -0.25) is 4.79 Å². The van der Waals surface area contributed by atoms with Crippen LogP contribution in [0.25, 0.3) is 0 Å². The van der Waals surface area contributed by atoms with Gasteiger partial charge in [0.2, 0.25) is 5.91 Å². The topological polar surface area (TPSA) is 48.0 Å². The summed E-state index contributed by atoms with van der Waals surface area (Å²) in [5, 5.41) is 0. The van der Waals surface area contributed by atoms with Crippen molar-refractivity contribution in [1.82, 2.24) is 4.90 Å². The minimum atomic E-state index is -0.322. The number of carbonyl (C=O) groups excluding carboxylic acids is 1. The van der Waals surface area contributed by atoms with Crippen molar-refractivity contribution < 1.29 is 23.4 Å². The number of carbonyl (C=O) groups is 1. The van der Waals surface area contributed by atoms with Gasteiger partial charge in [0.1, 0.15) is 18.2 Å². The number of halogens is 1. The molecule has 1 heterocycles. The molecular weight excluding hydrogens is 433 g/mol. The highest BCUT2D eigenvalue weighted by atomic mass is 19.1. The van der Waals surface area contributed by atoms with Crippen molar-refractivity contribution in [2.75, 3.05) is 27.4 Å². The van der Waals surface area contributed by atoms with E-state index in [0.717, 1.165) is 16.7 Å². The zero-order chi connectivity index (χ0) is 24.1. The van der Waals surface area contributed by atoms with Crippen molar-refractivity contribution in [3.63, 3.8) is 0 Å². The van der Waals surface area contributed by atoms with Crippen LogP contribution in [0, 0.1) is 5.82 Å². The van der Waals surface area contributed by atoms with Crippen LogP contribution >= 0.6 is 0 Å². The fourth-order valence-corrected chi connectivity index (χ4v) is 4.62. The first-order valence-corrected chi connectivity index (χ1v) is 11.5. The predicted molar refractivity (Wildman–Crippen MR) is 129 cm³/mol. The van der Waals surface area contributed by atoms with Crippen LogP contribution in [0.3, 0.4) is 0 Å². The van der Waals surface area contributed by atoms with E-state index < -0.39 is 0 Å². The molecule has 0 spiro atoms. The van der Waals surface area contributed by atoms with Crippen LogP contribution in [0.4, 0.5) is 4.39 Å². The molecule has 0 N–H and O–H groups in total. The van der Waals surface area contributed by atoms with Gasteiger partial charge in [-0.2, -0.15) is 0 Å². The van der Waals surface area contributed by atoms with E-state index in [4.69, 9.17) is 14.2 Å². The fourth-order valence-electron chi connectivity index (χ4n) is 4.62. The third-order valence-corrected chi connectivity index (χ3v) is 6.42. The van der Waals surface area contributed by atoms with Crippen molar-refractivity contribution in [2.45, 2.75) is 31.7 Å². The first kappa shape index (κ1) is 23.6. The summed E-state index contributed by atoms with van der Waals surface area (Å²) in [4.78, 5) is 15.8. The zero-order valence-electron chi connectivity index (χ0n) is 19.8. The zero-order valence-corrected chi connectivity index (χ0v) is 19.8. The van der Waals surface area contributed by atoms with E-state index in [0.29, 0.717) is 36.6 Å². The summed E-state index contributed by atoms with van der Waals surface area (Å²) in [6.45, 7) is 2.85. The highest BCUT2D eigenvalue weighted by Crippen LogP contribution is 2.40. The molecule has 178 valence electrons. The minimum absolute atomic E-state index is 0.0711. The van der Waals surface area contributed by atoms with E-state index in [2.05, 4.69) is 0 Å². The Morgan fingerprint density at radius 3 is 2.35 bits per heavy atom. The molecule has 0 aromatic heterocycles. The van der Waals surface area contributed by atoms with Gasteiger partial charge in [-0.05, 0) is 65.9 Å². The molecule has 4 rings (SSSR count). The van der Waals surface area contributed by atoms with Crippen LogP contribution in [0.2, 0.25) is 0 Å². The van der Waals surface area contributed by atoms with Crippen molar-refractivity contribution in [1.29, 1.82) is 0 Å². The normalized spacial score (nSPS) is 15.9. The van der Waals surface area contributed by atoms with Gasteiger partial charge < -0.3 is 19.1 Å². The number of fused-ring (bicyclic) bond motifs is 1. The van der Waals surface area contributed by atoms with Crippen molar-refractivity contribution in [3.05, 3.63) is 89.2 Å². The van der Waals surface area contributed by atoms with Gasteiger partial charge in [0.05, 0.1) is 26.2 Å². The van der Waals surface area contributed by atoms with Crippen molar-refractivity contribution >= 4 is 5.91 Å². The molecule has 0 saturated heterocycles.